The van der Waals surface area contributed by atoms with Gasteiger partial charge >= 0.3 is 0 Å². The van der Waals surface area contributed by atoms with E-state index in [-0.39, 0.29) is 5.54 Å². The van der Waals surface area contributed by atoms with Gasteiger partial charge in [0.25, 0.3) is 0 Å². The maximum absolute atomic E-state index is 11.6. The van der Waals surface area contributed by atoms with Crippen LogP contribution in [0.2, 0.25) is 0 Å². The molecule has 0 amide bonds. The van der Waals surface area contributed by atoms with Gasteiger partial charge in [-0.25, -0.2) is 8.42 Å². The van der Waals surface area contributed by atoms with Gasteiger partial charge in [-0.2, -0.15) is 0 Å². The Balaban J connectivity index is 2.76. The molecule has 2 N–H and O–H groups in total. The Labute approximate surface area is 118 Å². The predicted molar refractivity (Wildman–Crippen MR) is 81.1 cm³/mol. The van der Waals surface area contributed by atoms with E-state index < -0.39 is 9.84 Å². The van der Waals surface area contributed by atoms with Gasteiger partial charge in [-0.05, 0) is 38.8 Å². The van der Waals surface area contributed by atoms with Gasteiger partial charge in [0, 0.05) is 12.1 Å². The molecule has 0 spiro atoms. The molecule has 4 nitrogen and oxygen atoms in total. The molecule has 0 aromatic rings. The van der Waals surface area contributed by atoms with Crippen molar-refractivity contribution in [2.75, 3.05) is 31.1 Å². The molecule has 19 heavy (non-hydrogen) atoms. The van der Waals surface area contributed by atoms with E-state index in [2.05, 4.69) is 18.7 Å². The second-order valence-electron chi connectivity index (χ2n) is 5.77. The number of sulfone groups is 1. The van der Waals surface area contributed by atoms with Crippen LogP contribution in [0.4, 0.5) is 0 Å². The average Bonchev–Trinajstić information content (AvgIpc) is 2.40. The maximum Gasteiger partial charge on any atom is 0.150 e. The first kappa shape index (κ1) is 16.9. The molecule has 1 aliphatic rings. The third-order valence-corrected chi connectivity index (χ3v) is 6.02. The summed E-state index contributed by atoms with van der Waals surface area (Å²) >= 11 is 0. The fourth-order valence-electron chi connectivity index (χ4n) is 2.85. The molecule has 0 aliphatic carbocycles. The van der Waals surface area contributed by atoms with Crippen molar-refractivity contribution in [3.8, 4) is 0 Å². The van der Waals surface area contributed by atoms with E-state index in [0.717, 1.165) is 25.9 Å². The number of unbranched alkanes of at least 4 members (excludes halogenated alkanes) is 2. The number of hydrogen-bond acceptors (Lipinski definition) is 4. The van der Waals surface area contributed by atoms with Crippen LogP contribution in [0.15, 0.2) is 0 Å². The maximum atomic E-state index is 11.6. The Kier molecular flexibility index (Phi) is 6.77. The van der Waals surface area contributed by atoms with Crippen molar-refractivity contribution >= 4 is 9.84 Å². The molecule has 0 atom stereocenters. The molecular formula is C14H30N2O2S. The first-order valence-corrected chi connectivity index (χ1v) is 9.47. The molecule has 0 saturated carbocycles. The largest absolute Gasteiger partial charge is 0.329 e. The van der Waals surface area contributed by atoms with Crippen LogP contribution in [0.25, 0.3) is 0 Å². The van der Waals surface area contributed by atoms with Crippen LogP contribution >= 0.6 is 0 Å². The van der Waals surface area contributed by atoms with Crippen molar-refractivity contribution in [2.45, 2.75) is 57.9 Å². The van der Waals surface area contributed by atoms with E-state index in [9.17, 15) is 8.42 Å². The molecule has 1 rings (SSSR count). The summed E-state index contributed by atoms with van der Waals surface area (Å²) in [6.07, 6.45) is 6.08. The molecule has 0 unspecified atom stereocenters. The lowest BCUT2D eigenvalue weighted by Crippen LogP contribution is -2.58. The van der Waals surface area contributed by atoms with Crippen molar-refractivity contribution in [1.82, 2.24) is 4.90 Å². The molecule has 114 valence electrons. The third-order valence-electron chi connectivity index (χ3n) is 4.37. The minimum atomic E-state index is -2.82. The highest BCUT2D eigenvalue weighted by molar-refractivity contribution is 7.91. The van der Waals surface area contributed by atoms with Crippen LogP contribution in [0.5, 0.6) is 0 Å². The number of rotatable bonds is 8. The predicted octanol–water partition coefficient (Wildman–Crippen LogP) is 1.79. The quantitative estimate of drug-likeness (QED) is 0.740. The molecule has 1 fully saturated rings. The number of nitrogens with two attached hydrogens (primary N) is 1. The Morgan fingerprint density at radius 3 is 1.89 bits per heavy atom. The highest BCUT2D eigenvalue weighted by Gasteiger charge is 2.40. The topological polar surface area (TPSA) is 63.4 Å². The number of nitrogens with zero attached hydrogens (tertiary/aromatic N) is 1. The molecule has 0 aromatic carbocycles. The van der Waals surface area contributed by atoms with Gasteiger partial charge in [0.05, 0.1) is 11.5 Å². The Hall–Kier alpha value is -0.130. The summed E-state index contributed by atoms with van der Waals surface area (Å²) in [6, 6.07) is 0. The van der Waals surface area contributed by atoms with E-state index in [1.807, 2.05) is 0 Å². The second-order valence-corrected chi connectivity index (χ2v) is 8.08. The van der Waals surface area contributed by atoms with Crippen LogP contribution in [0, 0.1) is 0 Å². The zero-order valence-electron chi connectivity index (χ0n) is 12.5. The van der Waals surface area contributed by atoms with Gasteiger partial charge in [0.2, 0.25) is 0 Å². The normalized spacial score (nSPS) is 21.7. The molecule has 0 bridgehead atoms. The standard InChI is InChI=1S/C14H30N2O2S/c1-3-5-9-16(10-6-4-2)14(13-15)7-11-19(17,18)12-8-14/h3-13,15H2,1-2H3. The van der Waals surface area contributed by atoms with Gasteiger partial charge < -0.3 is 5.73 Å². The Bertz CT molecular complexity index is 332. The van der Waals surface area contributed by atoms with Crippen LogP contribution in [-0.4, -0.2) is 50.0 Å². The zero-order valence-corrected chi connectivity index (χ0v) is 13.3. The summed E-state index contributed by atoms with van der Waals surface area (Å²) in [7, 11) is -2.82. The smallest absolute Gasteiger partial charge is 0.150 e. The van der Waals surface area contributed by atoms with E-state index in [0.29, 0.717) is 30.9 Å². The second kappa shape index (κ2) is 7.60. The Morgan fingerprint density at radius 1 is 1.05 bits per heavy atom. The lowest BCUT2D eigenvalue weighted by atomic mass is 9.89. The van der Waals surface area contributed by atoms with Gasteiger partial charge in [0.1, 0.15) is 9.84 Å². The summed E-state index contributed by atoms with van der Waals surface area (Å²) < 4.78 is 23.3. The lowest BCUT2D eigenvalue weighted by molar-refractivity contribution is 0.0794. The van der Waals surface area contributed by atoms with Crippen LogP contribution in [0.1, 0.15) is 52.4 Å². The zero-order chi connectivity index (χ0) is 14.4. The highest BCUT2D eigenvalue weighted by Crippen LogP contribution is 2.30. The van der Waals surface area contributed by atoms with Crippen LogP contribution < -0.4 is 5.73 Å². The monoisotopic (exact) mass is 290 g/mol. The molecule has 1 saturated heterocycles. The minimum Gasteiger partial charge on any atom is -0.329 e. The Morgan fingerprint density at radius 2 is 1.53 bits per heavy atom. The van der Waals surface area contributed by atoms with Crippen molar-refractivity contribution in [2.24, 2.45) is 5.73 Å². The summed E-state index contributed by atoms with van der Waals surface area (Å²) in [5, 5.41) is 0. The van der Waals surface area contributed by atoms with Crippen LogP contribution in [-0.2, 0) is 9.84 Å². The lowest BCUT2D eigenvalue weighted by Gasteiger charge is -2.46. The molecular weight excluding hydrogens is 260 g/mol. The van der Waals surface area contributed by atoms with E-state index in [4.69, 9.17) is 5.73 Å². The van der Waals surface area contributed by atoms with Crippen LogP contribution in [0.3, 0.4) is 0 Å². The van der Waals surface area contributed by atoms with Gasteiger partial charge in [-0.3, -0.25) is 4.90 Å². The number of hydrogen-bond donors (Lipinski definition) is 1. The van der Waals surface area contributed by atoms with E-state index in [1.54, 1.807) is 0 Å². The molecule has 0 radical (unpaired) electrons. The summed E-state index contributed by atoms with van der Waals surface area (Å²) in [5.74, 6) is 0.609. The third kappa shape index (κ3) is 4.72. The molecule has 1 aliphatic heterocycles. The fraction of sp³-hybridized carbons (Fsp3) is 1.00. The molecule has 0 aromatic heterocycles. The fourth-order valence-corrected chi connectivity index (χ4v) is 4.44. The van der Waals surface area contributed by atoms with Crippen molar-refractivity contribution < 1.29 is 8.42 Å². The average molecular weight is 290 g/mol. The SMILES string of the molecule is CCCCN(CCCC)C1(CN)CCS(=O)(=O)CC1. The molecule has 5 heteroatoms. The van der Waals surface area contributed by atoms with E-state index in [1.165, 1.54) is 12.8 Å². The van der Waals surface area contributed by atoms with E-state index >= 15 is 0 Å². The molecule has 1 heterocycles. The van der Waals surface area contributed by atoms with Crippen molar-refractivity contribution in [1.29, 1.82) is 0 Å². The summed E-state index contributed by atoms with van der Waals surface area (Å²) in [5.41, 5.74) is 5.96. The van der Waals surface area contributed by atoms with Gasteiger partial charge in [0.15, 0.2) is 0 Å². The first-order chi connectivity index (χ1) is 8.99. The minimum absolute atomic E-state index is 0.0737. The summed E-state index contributed by atoms with van der Waals surface area (Å²) in [4.78, 5) is 2.48. The first-order valence-electron chi connectivity index (χ1n) is 7.65. The van der Waals surface area contributed by atoms with Gasteiger partial charge in [-0.1, -0.05) is 26.7 Å². The summed E-state index contributed by atoms with van der Waals surface area (Å²) in [6.45, 7) is 7.06. The van der Waals surface area contributed by atoms with Crippen molar-refractivity contribution in [3.05, 3.63) is 0 Å². The van der Waals surface area contributed by atoms with Gasteiger partial charge in [-0.15, -0.1) is 0 Å². The van der Waals surface area contributed by atoms with Crippen molar-refractivity contribution in [3.63, 3.8) is 0 Å². The highest BCUT2D eigenvalue weighted by atomic mass is 32.2.